The van der Waals surface area contributed by atoms with E-state index in [0.717, 1.165) is 12.1 Å². The molecule has 0 saturated carbocycles. The molecular weight excluding hydrogens is 346 g/mol. The van der Waals surface area contributed by atoms with Crippen LogP contribution in [0.5, 0.6) is 5.75 Å². The van der Waals surface area contributed by atoms with Crippen LogP contribution in [0.25, 0.3) is 0 Å². The standard InChI is InChI=1S/C17H12F2N4O3/c18-9-4-6-10(7-5-9)21-17(26)15-12(8-20-23-15)22-16(25)14-11(19)2-1-3-13(14)24/h1-8,24H,(H,20,23)(H,21,26)(H,22,25). The quantitative estimate of drug-likeness (QED) is 0.575. The lowest BCUT2D eigenvalue weighted by Crippen LogP contribution is -2.18. The van der Waals surface area contributed by atoms with Gasteiger partial charge in [-0.25, -0.2) is 8.78 Å². The van der Waals surface area contributed by atoms with Crippen LogP contribution in [-0.4, -0.2) is 27.1 Å². The van der Waals surface area contributed by atoms with Crippen LogP contribution in [0.15, 0.2) is 48.7 Å². The predicted molar refractivity (Wildman–Crippen MR) is 89.0 cm³/mol. The molecule has 3 aromatic rings. The number of aromatic amines is 1. The molecule has 0 atom stereocenters. The third-order valence-corrected chi connectivity index (χ3v) is 3.42. The average molecular weight is 358 g/mol. The van der Waals surface area contributed by atoms with E-state index < -0.39 is 34.8 Å². The second-order valence-electron chi connectivity index (χ2n) is 5.20. The van der Waals surface area contributed by atoms with Gasteiger partial charge in [0, 0.05) is 11.9 Å². The molecule has 0 aliphatic carbocycles. The normalized spacial score (nSPS) is 10.4. The minimum Gasteiger partial charge on any atom is -0.507 e. The molecular formula is C17H12F2N4O3. The molecule has 2 aromatic carbocycles. The van der Waals surface area contributed by atoms with E-state index in [2.05, 4.69) is 20.8 Å². The van der Waals surface area contributed by atoms with Gasteiger partial charge in [0.15, 0.2) is 5.69 Å². The Bertz CT molecular complexity index is 950. The lowest BCUT2D eigenvalue weighted by Gasteiger charge is -2.08. The van der Waals surface area contributed by atoms with Gasteiger partial charge in [-0.15, -0.1) is 0 Å². The predicted octanol–water partition coefficient (Wildman–Crippen LogP) is 2.90. The molecule has 0 unspecified atom stereocenters. The molecule has 0 fully saturated rings. The molecule has 1 heterocycles. The summed E-state index contributed by atoms with van der Waals surface area (Å²) in [4.78, 5) is 24.5. The Balaban J connectivity index is 1.79. The van der Waals surface area contributed by atoms with Crippen molar-refractivity contribution in [2.24, 2.45) is 0 Å². The van der Waals surface area contributed by atoms with Gasteiger partial charge in [0.05, 0.1) is 5.69 Å². The van der Waals surface area contributed by atoms with E-state index in [1.165, 1.54) is 36.5 Å². The molecule has 0 bridgehead atoms. The summed E-state index contributed by atoms with van der Waals surface area (Å²) in [7, 11) is 0. The summed E-state index contributed by atoms with van der Waals surface area (Å²) in [5.41, 5.74) is -0.419. The Labute approximate surface area is 145 Å². The molecule has 0 aliphatic rings. The fraction of sp³-hybridized carbons (Fsp3) is 0. The van der Waals surface area contributed by atoms with Crippen LogP contribution in [0.2, 0.25) is 0 Å². The number of nitrogens with zero attached hydrogens (tertiary/aromatic N) is 1. The van der Waals surface area contributed by atoms with Crippen molar-refractivity contribution in [1.82, 2.24) is 10.2 Å². The summed E-state index contributed by atoms with van der Waals surface area (Å²) in [6, 6.07) is 8.49. The van der Waals surface area contributed by atoms with Gasteiger partial charge in [0.25, 0.3) is 11.8 Å². The molecule has 4 N–H and O–H groups in total. The number of aromatic nitrogens is 2. The number of rotatable bonds is 4. The van der Waals surface area contributed by atoms with Gasteiger partial charge in [-0.3, -0.25) is 14.7 Å². The van der Waals surface area contributed by atoms with Gasteiger partial charge < -0.3 is 15.7 Å². The fourth-order valence-electron chi connectivity index (χ4n) is 2.20. The first kappa shape index (κ1) is 17.1. The fourth-order valence-corrected chi connectivity index (χ4v) is 2.20. The summed E-state index contributed by atoms with van der Waals surface area (Å²) >= 11 is 0. The van der Waals surface area contributed by atoms with Gasteiger partial charge in [-0.2, -0.15) is 5.10 Å². The third kappa shape index (κ3) is 3.51. The number of anilines is 2. The summed E-state index contributed by atoms with van der Waals surface area (Å²) < 4.78 is 26.7. The van der Waals surface area contributed by atoms with Crippen molar-refractivity contribution in [2.75, 3.05) is 10.6 Å². The lowest BCUT2D eigenvalue weighted by molar-refractivity contribution is 0.102. The van der Waals surface area contributed by atoms with Crippen LogP contribution in [0, 0.1) is 11.6 Å². The van der Waals surface area contributed by atoms with Crippen molar-refractivity contribution in [3.63, 3.8) is 0 Å². The molecule has 0 radical (unpaired) electrons. The molecule has 1 aromatic heterocycles. The SMILES string of the molecule is O=C(Nc1ccc(F)cc1)c1n[nH]cc1NC(=O)c1c(O)cccc1F. The minimum absolute atomic E-state index is 0.0164. The van der Waals surface area contributed by atoms with Crippen LogP contribution in [-0.2, 0) is 0 Å². The number of nitrogens with one attached hydrogen (secondary N) is 3. The number of hydrogen-bond donors (Lipinski definition) is 4. The second-order valence-corrected chi connectivity index (χ2v) is 5.20. The van der Waals surface area contributed by atoms with Gasteiger partial charge in [0.2, 0.25) is 0 Å². The molecule has 26 heavy (non-hydrogen) atoms. The molecule has 0 saturated heterocycles. The highest BCUT2D eigenvalue weighted by atomic mass is 19.1. The van der Waals surface area contributed by atoms with E-state index in [4.69, 9.17) is 0 Å². The molecule has 2 amide bonds. The zero-order valence-electron chi connectivity index (χ0n) is 13.1. The molecule has 0 aliphatic heterocycles. The molecule has 9 heteroatoms. The minimum atomic E-state index is -0.946. The van der Waals surface area contributed by atoms with Crippen molar-refractivity contribution in [1.29, 1.82) is 0 Å². The van der Waals surface area contributed by atoms with Crippen LogP contribution in [0.4, 0.5) is 20.2 Å². The van der Waals surface area contributed by atoms with Gasteiger partial charge in [-0.05, 0) is 36.4 Å². The Kier molecular flexibility index (Phi) is 4.61. The van der Waals surface area contributed by atoms with Crippen molar-refractivity contribution in [3.05, 3.63) is 71.6 Å². The number of phenolic OH excluding ortho intramolecular Hbond substituents is 1. The molecule has 3 rings (SSSR count). The van der Waals surface area contributed by atoms with Gasteiger partial charge in [0.1, 0.15) is 22.9 Å². The highest BCUT2D eigenvalue weighted by molar-refractivity contribution is 6.12. The molecule has 7 nitrogen and oxygen atoms in total. The first-order chi connectivity index (χ1) is 12.5. The number of hydrogen-bond acceptors (Lipinski definition) is 4. The molecule has 0 spiro atoms. The molecule has 132 valence electrons. The maximum atomic E-state index is 13.8. The van der Waals surface area contributed by atoms with E-state index >= 15 is 0 Å². The Morgan fingerprint density at radius 2 is 1.73 bits per heavy atom. The maximum absolute atomic E-state index is 13.8. The van der Waals surface area contributed by atoms with Gasteiger partial charge >= 0.3 is 0 Å². The monoisotopic (exact) mass is 358 g/mol. The lowest BCUT2D eigenvalue weighted by atomic mass is 10.1. The van der Waals surface area contributed by atoms with E-state index in [1.54, 1.807) is 0 Å². The Morgan fingerprint density at radius 3 is 2.42 bits per heavy atom. The third-order valence-electron chi connectivity index (χ3n) is 3.42. The number of H-pyrrole nitrogens is 1. The highest BCUT2D eigenvalue weighted by Crippen LogP contribution is 2.22. The van der Waals surface area contributed by atoms with E-state index in [-0.39, 0.29) is 11.4 Å². The van der Waals surface area contributed by atoms with Crippen LogP contribution in [0.1, 0.15) is 20.8 Å². The number of carbonyl (C=O) groups excluding carboxylic acids is 2. The summed E-state index contributed by atoms with van der Waals surface area (Å²) in [5, 5.41) is 20.6. The summed E-state index contributed by atoms with van der Waals surface area (Å²) in [6.07, 6.45) is 1.23. The van der Waals surface area contributed by atoms with Crippen LogP contribution >= 0.6 is 0 Å². The zero-order chi connectivity index (χ0) is 18.7. The van der Waals surface area contributed by atoms with E-state index in [9.17, 15) is 23.5 Å². The number of amides is 2. The Morgan fingerprint density at radius 1 is 1.00 bits per heavy atom. The van der Waals surface area contributed by atoms with Crippen molar-refractivity contribution >= 4 is 23.2 Å². The summed E-state index contributed by atoms with van der Waals surface area (Å²) in [6.45, 7) is 0. The van der Waals surface area contributed by atoms with E-state index in [1.807, 2.05) is 0 Å². The number of carbonyl (C=O) groups is 2. The van der Waals surface area contributed by atoms with Crippen molar-refractivity contribution in [3.8, 4) is 5.75 Å². The van der Waals surface area contributed by atoms with Gasteiger partial charge in [-0.1, -0.05) is 6.07 Å². The maximum Gasteiger partial charge on any atom is 0.278 e. The van der Waals surface area contributed by atoms with Crippen molar-refractivity contribution < 1.29 is 23.5 Å². The van der Waals surface area contributed by atoms with Crippen LogP contribution < -0.4 is 10.6 Å². The highest BCUT2D eigenvalue weighted by Gasteiger charge is 2.21. The second kappa shape index (κ2) is 7.01. The number of benzene rings is 2. The topological polar surface area (TPSA) is 107 Å². The Hall–Kier alpha value is -3.75. The average Bonchev–Trinajstić information content (AvgIpc) is 3.05. The largest absolute Gasteiger partial charge is 0.507 e. The smallest absolute Gasteiger partial charge is 0.278 e. The first-order valence-corrected chi connectivity index (χ1v) is 7.35. The first-order valence-electron chi connectivity index (χ1n) is 7.35. The number of aromatic hydroxyl groups is 1. The summed E-state index contributed by atoms with van der Waals surface area (Å²) in [5.74, 6) is -3.53. The van der Waals surface area contributed by atoms with Crippen LogP contribution in [0.3, 0.4) is 0 Å². The zero-order valence-corrected chi connectivity index (χ0v) is 13.1. The van der Waals surface area contributed by atoms with Crippen molar-refractivity contribution in [2.45, 2.75) is 0 Å². The number of phenols is 1. The van der Waals surface area contributed by atoms with E-state index in [0.29, 0.717) is 5.69 Å². The number of halogens is 2.